The number of benzene rings is 1. The van der Waals surface area contributed by atoms with Gasteiger partial charge < -0.3 is 4.74 Å². The van der Waals surface area contributed by atoms with Crippen LogP contribution in [0, 0.1) is 5.82 Å². The molecular weight excluding hydrogens is 370 g/mol. The zero-order valence-corrected chi connectivity index (χ0v) is 12.2. The molecule has 0 N–H and O–H groups in total. The zero-order chi connectivity index (χ0) is 13.3. The van der Waals surface area contributed by atoms with E-state index in [2.05, 4.69) is 24.7 Å². The van der Waals surface area contributed by atoms with E-state index in [0.29, 0.717) is 11.7 Å². The number of halogens is 4. The van der Waals surface area contributed by atoms with Crippen molar-refractivity contribution in [1.29, 1.82) is 0 Å². The molecule has 0 radical (unpaired) electrons. The summed E-state index contributed by atoms with van der Waals surface area (Å²) in [5.74, 6) is -0.726. The van der Waals surface area contributed by atoms with Crippen molar-refractivity contribution in [2.24, 2.45) is 0 Å². The Kier molecular flexibility index (Phi) is 4.16. The van der Waals surface area contributed by atoms with Gasteiger partial charge in [0, 0.05) is 0 Å². The molecule has 4 nitrogen and oxygen atoms in total. The Morgan fingerprint density at radius 1 is 1.33 bits per heavy atom. The molecule has 1 aromatic heterocycles. The third kappa shape index (κ3) is 2.80. The Balaban J connectivity index is 2.47. The molecule has 0 saturated carbocycles. The van der Waals surface area contributed by atoms with E-state index >= 15 is 0 Å². The summed E-state index contributed by atoms with van der Waals surface area (Å²) < 4.78 is 25.7. The van der Waals surface area contributed by atoms with Gasteiger partial charge in [0.15, 0.2) is 10.9 Å². The average Bonchev–Trinajstić information content (AvgIpc) is 2.28. The van der Waals surface area contributed by atoms with Crippen LogP contribution < -0.4 is 10.2 Å². The maximum absolute atomic E-state index is 13.0. The number of ether oxygens (including phenoxy) is 1. The van der Waals surface area contributed by atoms with Crippen LogP contribution in [0.15, 0.2) is 21.4 Å². The van der Waals surface area contributed by atoms with Gasteiger partial charge in [0.1, 0.15) is 5.82 Å². The number of aromatic nitrogens is 2. The first-order chi connectivity index (χ1) is 8.49. The SMILES string of the molecule is O=c1c(Cl)nsnc1Oc1c(Cl)cc(F)cc1Br. The molecule has 0 spiro atoms. The van der Waals surface area contributed by atoms with Gasteiger partial charge in [0.25, 0.3) is 11.3 Å². The molecule has 0 aliphatic carbocycles. The Labute approximate surface area is 123 Å². The van der Waals surface area contributed by atoms with Gasteiger partial charge in [-0.25, -0.2) is 4.39 Å². The van der Waals surface area contributed by atoms with Crippen LogP contribution in [0.3, 0.4) is 0 Å². The van der Waals surface area contributed by atoms with E-state index in [-0.39, 0.29) is 26.3 Å². The molecular formula is C9H2BrCl2FN2O2S. The van der Waals surface area contributed by atoms with Crippen LogP contribution in [0.1, 0.15) is 0 Å². The minimum absolute atomic E-state index is 0.000935. The van der Waals surface area contributed by atoms with Crippen molar-refractivity contribution >= 4 is 50.9 Å². The van der Waals surface area contributed by atoms with Crippen molar-refractivity contribution in [3.63, 3.8) is 0 Å². The van der Waals surface area contributed by atoms with Crippen molar-refractivity contribution in [2.45, 2.75) is 0 Å². The first kappa shape index (κ1) is 13.7. The summed E-state index contributed by atoms with van der Waals surface area (Å²) in [5, 5.41) is -0.250. The summed E-state index contributed by atoms with van der Waals surface area (Å²) in [6.45, 7) is 0. The average molecular weight is 372 g/mol. The van der Waals surface area contributed by atoms with Crippen LogP contribution in [-0.2, 0) is 0 Å². The summed E-state index contributed by atoms with van der Waals surface area (Å²) in [6.07, 6.45) is 0. The Hall–Kier alpha value is -0.760. The molecule has 1 aromatic carbocycles. The fourth-order valence-corrected chi connectivity index (χ4v) is 2.49. The van der Waals surface area contributed by atoms with Crippen molar-refractivity contribution in [3.05, 3.63) is 42.8 Å². The molecule has 0 unspecified atom stereocenters. The molecule has 0 amide bonds. The van der Waals surface area contributed by atoms with Crippen LogP contribution in [-0.4, -0.2) is 8.75 Å². The first-order valence-corrected chi connectivity index (χ1v) is 6.61. The minimum atomic E-state index is -0.664. The molecule has 94 valence electrons. The smallest absolute Gasteiger partial charge is 0.283 e. The van der Waals surface area contributed by atoms with Gasteiger partial charge in [-0.2, -0.15) is 4.37 Å². The second-order valence-corrected chi connectivity index (χ2v) is 5.14. The number of hydrogen-bond acceptors (Lipinski definition) is 5. The van der Waals surface area contributed by atoms with Crippen molar-refractivity contribution in [2.75, 3.05) is 0 Å². The molecule has 0 fully saturated rings. The lowest BCUT2D eigenvalue weighted by atomic mass is 10.3. The predicted molar refractivity (Wildman–Crippen MR) is 70.4 cm³/mol. The van der Waals surface area contributed by atoms with Gasteiger partial charge in [-0.15, -0.1) is 4.37 Å². The summed E-state index contributed by atoms with van der Waals surface area (Å²) >= 11 is 15.1. The van der Waals surface area contributed by atoms with Gasteiger partial charge in [-0.3, -0.25) is 4.79 Å². The lowest BCUT2D eigenvalue weighted by molar-refractivity contribution is 0.457. The molecule has 2 aromatic rings. The van der Waals surface area contributed by atoms with Crippen LogP contribution in [0.25, 0.3) is 0 Å². The molecule has 0 bridgehead atoms. The highest BCUT2D eigenvalue weighted by Gasteiger charge is 2.15. The summed E-state index contributed by atoms with van der Waals surface area (Å²) in [7, 11) is 0. The highest BCUT2D eigenvalue weighted by Crippen LogP contribution is 2.36. The molecule has 18 heavy (non-hydrogen) atoms. The summed E-state index contributed by atoms with van der Waals surface area (Å²) in [6, 6.07) is 2.20. The molecule has 0 saturated heterocycles. The van der Waals surface area contributed by atoms with E-state index in [1.807, 2.05) is 0 Å². The third-order valence-electron chi connectivity index (χ3n) is 1.79. The highest BCUT2D eigenvalue weighted by atomic mass is 79.9. The Morgan fingerprint density at radius 2 is 2.06 bits per heavy atom. The second kappa shape index (κ2) is 5.48. The van der Waals surface area contributed by atoms with E-state index < -0.39 is 11.2 Å². The standard InChI is InChI=1S/C9H2BrCl2FN2O2S/c10-4-1-3(13)2-5(11)7(4)17-9-6(16)8(12)14-18-15-9/h1-2H. The fraction of sp³-hybridized carbons (Fsp3) is 0. The molecule has 0 atom stereocenters. The minimum Gasteiger partial charge on any atom is -0.432 e. The maximum Gasteiger partial charge on any atom is 0.283 e. The largest absolute Gasteiger partial charge is 0.432 e. The quantitative estimate of drug-likeness (QED) is 0.803. The van der Waals surface area contributed by atoms with Gasteiger partial charge in [-0.05, 0) is 28.1 Å². The lowest BCUT2D eigenvalue weighted by Gasteiger charge is -2.07. The van der Waals surface area contributed by atoms with Crippen LogP contribution >= 0.6 is 50.9 Å². The highest BCUT2D eigenvalue weighted by molar-refractivity contribution is 9.10. The monoisotopic (exact) mass is 370 g/mol. The van der Waals surface area contributed by atoms with Gasteiger partial charge >= 0.3 is 0 Å². The molecule has 1 heterocycles. The molecule has 9 heteroatoms. The van der Waals surface area contributed by atoms with Crippen LogP contribution in [0.2, 0.25) is 10.2 Å². The van der Waals surface area contributed by atoms with E-state index in [4.69, 9.17) is 27.9 Å². The topological polar surface area (TPSA) is 52.1 Å². The molecule has 0 aliphatic rings. The van der Waals surface area contributed by atoms with Crippen molar-refractivity contribution in [3.8, 4) is 11.6 Å². The normalized spacial score (nSPS) is 10.4. The van der Waals surface area contributed by atoms with Gasteiger partial charge in [0.05, 0.1) is 21.2 Å². The van der Waals surface area contributed by atoms with E-state index in [1.54, 1.807) is 0 Å². The first-order valence-electron chi connectivity index (χ1n) is 4.34. The summed E-state index contributed by atoms with van der Waals surface area (Å²) in [4.78, 5) is 11.6. The number of hydrogen-bond donors (Lipinski definition) is 0. The van der Waals surface area contributed by atoms with Crippen molar-refractivity contribution < 1.29 is 9.13 Å². The predicted octanol–water partition coefficient (Wildman–Crippen LogP) is 3.90. The van der Waals surface area contributed by atoms with E-state index in [1.165, 1.54) is 0 Å². The fourth-order valence-electron chi connectivity index (χ4n) is 1.05. The van der Waals surface area contributed by atoms with E-state index in [0.717, 1.165) is 12.1 Å². The van der Waals surface area contributed by atoms with E-state index in [9.17, 15) is 9.18 Å². The van der Waals surface area contributed by atoms with Crippen LogP contribution in [0.4, 0.5) is 4.39 Å². The Morgan fingerprint density at radius 3 is 2.72 bits per heavy atom. The maximum atomic E-state index is 13.0. The zero-order valence-electron chi connectivity index (χ0n) is 8.29. The summed E-state index contributed by atoms with van der Waals surface area (Å²) in [5.41, 5.74) is -0.664. The number of nitrogens with zero attached hydrogens (tertiary/aromatic N) is 2. The van der Waals surface area contributed by atoms with Gasteiger partial charge in [-0.1, -0.05) is 23.2 Å². The third-order valence-corrected chi connectivity index (χ3v) is 3.53. The van der Waals surface area contributed by atoms with Gasteiger partial charge in [0.2, 0.25) is 0 Å². The molecule has 0 aliphatic heterocycles. The lowest BCUT2D eigenvalue weighted by Crippen LogP contribution is -2.08. The molecule has 2 rings (SSSR count). The van der Waals surface area contributed by atoms with Crippen molar-refractivity contribution in [1.82, 2.24) is 8.75 Å². The second-order valence-electron chi connectivity index (χ2n) is 2.99. The Bertz CT molecular complexity index is 644. The number of rotatable bonds is 2. The van der Waals surface area contributed by atoms with Crippen LogP contribution in [0.5, 0.6) is 11.6 Å².